The number of allylic oxidation sites excluding steroid dienone is 4. The van der Waals surface area contributed by atoms with E-state index in [-0.39, 0.29) is 10.8 Å². The molecule has 1 aliphatic rings. The second-order valence-electron chi connectivity index (χ2n) is 9.28. The Morgan fingerprint density at radius 3 is 2.42 bits per heavy atom. The zero-order valence-corrected chi connectivity index (χ0v) is 20.9. The number of carbonyl (C=O) groups excluding carboxylic acids is 1. The Balaban J connectivity index is 2.52. The lowest BCUT2D eigenvalue weighted by molar-refractivity contribution is -0.104. The van der Waals surface area contributed by atoms with E-state index in [9.17, 15) is 13.2 Å². The molecule has 3 nitrogen and oxygen atoms in total. The summed E-state index contributed by atoms with van der Waals surface area (Å²) in [6, 6.07) is 8.70. The number of hydrogen-bond donors (Lipinski definition) is 0. The van der Waals surface area contributed by atoms with Crippen molar-refractivity contribution < 1.29 is 13.2 Å². The van der Waals surface area contributed by atoms with E-state index in [0.29, 0.717) is 17.7 Å². The lowest BCUT2D eigenvalue weighted by Gasteiger charge is -2.38. The molecule has 0 N–H and O–H groups in total. The van der Waals surface area contributed by atoms with Crippen LogP contribution in [0.4, 0.5) is 0 Å². The fourth-order valence-electron chi connectivity index (χ4n) is 4.48. The first-order chi connectivity index (χ1) is 14.5. The van der Waals surface area contributed by atoms with Crippen LogP contribution in [-0.4, -0.2) is 25.3 Å². The fourth-order valence-corrected chi connectivity index (χ4v) is 6.72. The lowest BCUT2D eigenvalue weighted by Crippen LogP contribution is -2.34. The van der Waals surface area contributed by atoms with Gasteiger partial charge in [0.25, 0.3) is 0 Å². The number of rotatable bonds is 9. The molecule has 1 aromatic rings. The van der Waals surface area contributed by atoms with Crippen LogP contribution in [-0.2, 0) is 14.6 Å². The van der Waals surface area contributed by atoms with Gasteiger partial charge in [0.05, 0.1) is 10.3 Å². The summed E-state index contributed by atoms with van der Waals surface area (Å²) < 4.78 is 27.6. The van der Waals surface area contributed by atoms with Gasteiger partial charge in [0, 0.05) is 0 Å². The second-order valence-corrected chi connectivity index (χ2v) is 11.9. The molecule has 2 unspecified atom stereocenters. The summed E-state index contributed by atoms with van der Waals surface area (Å²) in [6.07, 6.45) is 8.50. The van der Waals surface area contributed by atoms with Crippen molar-refractivity contribution in [2.45, 2.75) is 82.2 Å². The maximum Gasteiger partial charge on any atom is 0.188 e. The van der Waals surface area contributed by atoms with Crippen LogP contribution < -0.4 is 0 Å². The predicted molar refractivity (Wildman–Crippen MR) is 130 cm³/mol. The molecule has 5 heteroatoms. The highest BCUT2D eigenvalue weighted by atomic mass is 35.5. The smallest absolute Gasteiger partial charge is 0.188 e. The standard InChI is InChI=1S/C26H35ClO3S/c1-19(15-17-28)13-14-23(27)21(3)18-24(25-20(2)10-9-16-26(25,4)5)31(29,30)22-11-7-6-8-12-22/h6-8,11-12,15,17-18,23-24H,9-10,13-14,16H2,1-5H3. The molecule has 0 radical (unpaired) electrons. The molecule has 170 valence electrons. The SMILES string of the molecule is CC(=CC=O)CCC(Cl)C(C)=CC(C1=C(C)CCCC1(C)C)S(=O)(=O)c1ccccc1. The summed E-state index contributed by atoms with van der Waals surface area (Å²) in [5.41, 5.74) is 3.79. The number of sulfone groups is 1. The quantitative estimate of drug-likeness (QED) is 0.175. The van der Waals surface area contributed by atoms with Gasteiger partial charge in [0.15, 0.2) is 9.84 Å². The first-order valence-electron chi connectivity index (χ1n) is 10.9. The van der Waals surface area contributed by atoms with Crippen molar-refractivity contribution >= 4 is 27.7 Å². The Hall–Kier alpha value is -1.65. The van der Waals surface area contributed by atoms with Gasteiger partial charge in [-0.05, 0) is 82.1 Å². The summed E-state index contributed by atoms with van der Waals surface area (Å²) in [5.74, 6) is 0. The van der Waals surface area contributed by atoms with Gasteiger partial charge in [-0.3, -0.25) is 4.79 Å². The normalized spacial score (nSPS) is 19.8. The average molecular weight is 463 g/mol. The minimum Gasteiger partial charge on any atom is -0.299 e. The van der Waals surface area contributed by atoms with Gasteiger partial charge in [-0.25, -0.2) is 8.42 Å². The highest BCUT2D eigenvalue weighted by Crippen LogP contribution is 2.45. The van der Waals surface area contributed by atoms with Crippen LogP contribution in [0.1, 0.15) is 66.7 Å². The van der Waals surface area contributed by atoms with Crippen molar-refractivity contribution in [1.82, 2.24) is 0 Å². The van der Waals surface area contributed by atoms with E-state index >= 15 is 0 Å². The molecule has 1 aliphatic carbocycles. The summed E-state index contributed by atoms with van der Waals surface area (Å²) in [6.45, 7) is 10.2. The molecule has 0 saturated heterocycles. The molecular weight excluding hydrogens is 428 g/mol. The molecule has 0 amide bonds. The van der Waals surface area contributed by atoms with Crippen LogP contribution in [0, 0.1) is 5.41 Å². The number of benzene rings is 1. The van der Waals surface area contributed by atoms with Crippen molar-refractivity contribution in [2.24, 2.45) is 5.41 Å². The van der Waals surface area contributed by atoms with Crippen LogP contribution in [0.15, 0.2) is 69.7 Å². The number of hydrogen-bond acceptors (Lipinski definition) is 3. The minimum atomic E-state index is -3.62. The van der Waals surface area contributed by atoms with Crippen LogP contribution >= 0.6 is 11.6 Å². The maximum absolute atomic E-state index is 13.8. The van der Waals surface area contributed by atoms with E-state index in [1.807, 2.05) is 26.0 Å². The van der Waals surface area contributed by atoms with Gasteiger partial charge < -0.3 is 0 Å². The Labute approximate surface area is 193 Å². The molecule has 0 aromatic heterocycles. The van der Waals surface area contributed by atoms with E-state index < -0.39 is 15.1 Å². The fraction of sp³-hybridized carbons (Fsp3) is 0.500. The molecule has 1 aromatic carbocycles. The first kappa shape index (κ1) is 25.6. The zero-order valence-electron chi connectivity index (χ0n) is 19.3. The van der Waals surface area contributed by atoms with Gasteiger partial charge in [0.2, 0.25) is 0 Å². The highest BCUT2D eigenvalue weighted by molar-refractivity contribution is 7.92. The van der Waals surface area contributed by atoms with Gasteiger partial charge in [-0.2, -0.15) is 0 Å². The van der Waals surface area contributed by atoms with Crippen LogP contribution in [0.25, 0.3) is 0 Å². The number of carbonyl (C=O) groups is 1. The largest absolute Gasteiger partial charge is 0.299 e. The number of alkyl halides is 1. The Bertz CT molecular complexity index is 969. The van der Waals surface area contributed by atoms with Crippen molar-refractivity contribution in [3.8, 4) is 0 Å². The molecule has 0 heterocycles. The molecular formula is C26H35ClO3S. The molecule has 2 rings (SSSR count). The first-order valence-corrected chi connectivity index (χ1v) is 12.9. The van der Waals surface area contributed by atoms with Crippen LogP contribution in [0.3, 0.4) is 0 Å². The van der Waals surface area contributed by atoms with Crippen LogP contribution in [0.2, 0.25) is 0 Å². The van der Waals surface area contributed by atoms with E-state index in [4.69, 9.17) is 11.6 Å². The summed E-state index contributed by atoms with van der Waals surface area (Å²) in [7, 11) is -3.62. The van der Waals surface area contributed by atoms with Gasteiger partial charge in [0.1, 0.15) is 11.5 Å². The van der Waals surface area contributed by atoms with Gasteiger partial charge >= 0.3 is 0 Å². The molecule has 0 fully saturated rings. The van der Waals surface area contributed by atoms with E-state index in [2.05, 4.69) is 20.8 Å². The van der Waals surface area contributed by atoms with Crippen LogP contribution in [0.5, 0.6) is 0 Å². The van der Waals surface area contributed by atoms with E-state index in [1.165, 1.54) is 5.57 Å². The third-order valence-electron chi connectivity index (χ3n) is 6.29. The molecule has 0 aliphatic heterocycles. The molecule has 0 bridgehead atoms. The average Bonchev–Trinajstić information content (AvgIpc) is 2.71. The lowest BCUT2D eigenvalue weighted by atomic mass is 9.71. The number of halogens is 1. The Morgan fingerprint density at radius 2 is 1.84 bits per heavy atom. The molecule has 2 atom stereocenters. The zero-order chi connectivity index (χ0) is 23.2. The Morgan fingerprint density at radius 1 is 1.19 bits per heavy atom. The summed E-state index contributed by atoms with van der Waals surface area (Å²) >= 11 is 6.67. The third-order valence-corrected chi connectivity index (χ3v) is 8.82. The summed E-state index contributed by atoms with van der Waals surface area (Å²) in [4.78, 5) is 11.0. The second kappa shape index (κ2) is 10.8. The molecule has 31 heavy (non-hydrogen) atoms. The predicted octanol–water partition coefficient (Wildman–Crippen LogP) is 6.83. The van der Waals surface area contributed by atoms with E-state index in [1.54, 1.807) is 30.3 Å². The van der Waals surface area contributed by atoms with Crippen molar-refractivity contribution in [2.75, 3.05) is 0 Å². The highest BCUT2D eigenvalue weighted by Gasteiger charge is 2.39. The molecule has 0 saturated carbocycles. The summed E-state index contributed by atoms with van der Waals surface area (Å²) in [5, 5.41) is -1.03. The van der Waals surface area contributed by atoms with Crippen molar-refractivity contribution in [1.29, 1.82) is 0 Å². The van der Waals surface area contributed by atoms with Crippen molar-refractivity contribution in [3.63, 3.8) is 0 Å². The topological polar surface area (TPSA) is 51.2 Å². The van der Waals surface area contributed by atoms with Gasteiger partial charge in [-0.15, -0.1) is 11.6 Å². The van der Waals surface area contributed by atoms with Gasteiger partial charge in [-0.1, -0.05) is 54.8 Å². The van der Waals surface area contributed by atoms with E-state index in [0.717, 1.165) is 42.3 Å². The maximum atomic E-state index is 13.8. The Kier molecular flexibility index (Phi) is 8.91. The monoisotopic (exact) mass is 462 g/mol. The number of aldehydes is 1. The minimum absolute atomic E-state index is 0.198. The third kappa shape index (κ3) is 6.43. The van der Waals surface area contributed by atoms with Crippen molar-refractivity contribution in [3.05, 3.63) is 64.8 Å². The molecule has 0 spiro atoms.